The van der Waals surface area contributed by atoms with Gasteiger partial charge in [-0.3, -0.25) is 9.59 Å². The maximum atomic E-state index is 12.8. The predicted molar refractivity (Wildman–Crippen MR) is 108 cm³/mol. The minimum absolute atomic E-state index is 0.00857. The van der Waals surface area contributed by atoms with Gasteiger partial charge < -0.3 is 25.2 Å². The van der Waals surface area contributed by atoms with Gasteiger partial charge in [-0.25, -0.2) is 0 Å². The Morgan fingerprint density at radius 1 is 1.34 bits per heavy atom. The van der Waals surface area contributed by atoms with E-state index < -0.39 is 11.6 Å². The minimum atomic E-state index is -1.10. The summed E-state index contributed by atoms with van der Waals surface area (Å²) < 4.78 is 10.7. The molecule has 1 saturated heterocycles. The molecule has 0 radical (unpaired) electrons. The van der Waals surface area contributed by atoms with Gasteiger partial charge in [-0.1, -0.05) is 25.1 Å². The van der Waals surface area contributed by atoms with Crippen LogP contribution in [-0.4, -0.2) is 49.4 Å². The molecule has 1 aliphatic carbocycles. The quantitative estimate of drug-likeness (QED) is 0.615. The molecule has 2 aliphatic rings. The second kappa shape index (κ2) is 9.59. The summed E-state index contributed by atoms with van der Waals surface area (Å²) in [7, 11) is 1.59. The number of hydrogen-bond donors (Lipinski definition) is 3. The molecule has 3 rings (SSSR count). The first-order valence-electron chi connectivity index (χ1n) is 10.4. The van der Waals surface area contributed by atoms with E-state index in [1.54, 1.807) is 7.11 Å². The summed E-state index contributed by atoms with van der Waals surface area (Å²) in [6.07, 6.45) is 3.29. The Morgan fingerprint density at radius 3 is 2.79 bits per heavy atom. The van der Waals surface area contributed by atoms with Crippen molar-refractivity contribution in [2.75, 3.05) is 26.9 Å². The molecule has 3 N–H and O–H groups in total. The van der Waals surface area contributed by atoms with Gasteiger partial charge in [0.15, 0.2) is 0 Å². The second-order valence-electron chi connectivity index (χ2n) is 8.43. The first kappa shape index (κ1) is 21.6. The Hall–Kier alpha value is -2.12. The lowest BCUT2D eigenvalue weighted by atomic mass is 9.98. The third kappa shape index (κ3) is 5.70. The molecule has 2 amide bonds. The lowest BCUT2D eigenvalue weighted by molar-refractivity contribution is -0.128. The molecule has 29 heavy (non-hydrogen) atoms. The van der Waals surface area contributed by atoms with E-state index >= 15 is 0 Å². The van der Waals surface area contributed by atoms with Crippen LogP contribution in [0.5, 0.6) is 5.75 Å². The molecule has 160 valence electrons. The highest BCUT2D eigenvalue weighted by molar-refractivity contribution is 5.80. The van der Waals surface area contributed by atoms with Gasteiger partial charge in [-0.05, 0) is 31.2 Å². The fourth-order valence-electron chi connectivity index (χ4n) is 4.24. The van der Waals surface area contributed by atoms with Gasteiger partial charge >= 0.3 is 0 Å². The first-order chi connectivity index (χ1) is 13.9. The molecule has 4 atom stereocenters. The average molecular weight is 405 g/mol. The van der Waals surface area contributed by atoms with Crippen molar-refractivity contribution in [2.45, 2.75) is 50.7 Å². The Labute approximate surface area is 172 Å². The number of methoxy groups -OCH3 is 1. The number of rotatable bonds is 8. The fraction of sp³-hybridized carbons (Fsp3) is 0.636. The molecule has 2 fully saturated rings. The smallest absolute Gasteiger partial charge is 0.223 e. The lowest BCUT2D eigenvalue weighted by Gasteiger charge is -2.25. The molecule has 1 aromatic carbocycles. The SMILES string of the molecule is COc1ccccc1C(CNC(=O)CC1(O)CCOC1)NC(=O)C1CCC(C)C1. The van der Waals surface area contributed by atoms with Crippen LogP contribution in [0.4, 0.5) is 0 Å². The lowest BCUT2D eigenvalue weighted by Crippen LogP contribution is -2.42. The van der Waals surface area contributed by atoms with E-state index in [9.17, 15) is 14.7 Å². The molecule has 1 heterocycles. The summed E-state index contributed by atoms with van der Waals surface area (Å²) in [5, 5.41) is 16.3. The number of carbonyl (C=O) groups is 2. The minimum Gasteiger partial charge on any atom is -0.496 e. The van der Waals surface area contributed by atoms with Crippen molar-refractivity contribution >= 4 is 11.8 Å². The zero-order valence-corrected chi connectivity index (χ0v) is 17.3. The van der Waals surface area contributed by atoms with Crippen LogP contribution < -0.4 is 15.4 Å². The Bertz CT molecular complexity index is 717. The Balaban J connectivity index is 1.67. The molecule has 7 nitrogen and oxygen atoms in total. The average Bonchev–Trinajstić information content (AvgIpc) is 3.33. The van der Waals surface area contributed by atoms with Gasteiger partial charge in [0.25, 0.3) is 0 Å². The van der Waals surface area contributed by atoms with Crippen molar-refractivity contribution in [3.8, 4) is 5.75 Å². The zero-order valence-electron chi connectivity index (χ0n) is 17.3. The van der Waals surface area contributed by atoms with Gasteiger partial charge in [0.1, 0.15) is 5.75 Å². The largest absolute Gasteiger partial charge is 0.496 e. The molecule has 0 bridgehead atoms. The van der Waals surface area contributed by atoms with Crippen molar-refractivity contribution in [1.82, 2.24) is 10.6 Å². The highest BCUT2D eigenvalue weighted by Crippen LogP contribution is 2.32. The molecule has 1 saturated carbocycles. The van der Waals surface area contributed by atoms with Gasteiger partial charge in [-0.2, -0.15) is 0 Å². The van der Waals surface area contributed by atoms with E-state index in [1.165, 1.54) is 0 Å². The molecular weight excluding hydrogens is 372 g/mol. The van der Waals surface area contributed by atoms with Gasteiger partial charge in [-0.15, -0.1) is 0 Å². The van der Waals surface area contributed by atoms with Gasteiger partial charge in [0.05, 0.1) is 31.8 Å². The zero-order chi connectivity index (χ0) is 20.9. The molecule has 7 heteroatoms. The Kier molecular flexibility index (Phi) is 7.14. The fourth-order valence-corrected chi connectivity index (χ4v) is 4.24. The predicted octanol–water partition coefficient (Wildman–Crippen LogP) is 1.95. The maximum Gasteiger partial charge on any atom is 0.223 e. The molecule has 0 aromatic heterocycles. The monoisotopic (exact) mass is 404 g/mol. The molecule has 4 unspecified atom stereocenters. The van der Waals surface area contributed by atoms with E-state index in [2.05, 4.69) is 17.6 Å². The normalized spacial score (nSPS) is 27.4. The number of benzene rings is 1. The van der Waals surface area contributed by atoms with Crippen LogP contribution in [-0.2, 0) is 14.3 Å². The molecule has 1 aliphatic heterocycles. The number of para-hydroxylation sites is 1. The van der Waals surface area contributed by atoms with Crippen LogP contribution >= 0.6 is 0 Å². The summed E-state index contributed by atoms with van der Waals surface area (Å²) in [4.78, 5) is 25.2. The number of aliphatic hydroxyl groups is 1. The van der Waals surface area contributed by atoms with E-state index in [-0.39, 0.29) is 37.3 Å². The van der Waals surface area contributed by atoms with E-state index in [4.69, 9.17) is 9.47 Å². The summed E-state index contributed by atoms with van der Waals surface area (Å²) in [5.74, 6) is 0.984. The summed E-state index contributed by atoms with van der Waals surface area (Å²) >= 11 is 0. The van der Waals surface area contributed by atoms with Crippen molar-refractivity contribution in [1.29, 1.82) is 0 Å². The van der Waals surface area contributed by atoms with E-state index in [0.29, 0.717) is 24.7 Å². The number of ether oxygens (including phenoxy) is 2. The van der Waals surface area contributed by atoms with Crippen molar-refractivity contribution in [2.24, 2.45) is 11.8 Å². The van der Waals surface area contributed by atoms with E-state index in [0.717, 1.165) is 24.8 Å². The van der Waals surface area contributed by atoms with Crippen LogP contribution in [0.15, 0.2) is 24.3 Å². The highest BCUT2D eigenvalue weighted by atomic mass is 16.5. The van der Waals surface area contributed by atoms with Crippen molar-refractivity contribution < 1.29 is 24.2 Å². The topological polar surface area (TPSA) is 96.9 Å². The van der Waals surface area contributed by atoms with Gasteiger partial charge in [0.2, 0.25) is 11.8 Å². The molecule has 0 spiro atoms. The van der Waals surface area contributed by atoms with Crippen LogP contribution in [0, 0.1) is 11.8 Å². The van der Waals surface area contributed by atoms with E-state index in [1.807, 2.05) is 24.3 Å². The van der Waals surface area contributed by atoms with Crippen molar-refractivity contribution in [3.05, 3.63) is 29.8 Å². The summed E-state index contributed by atoms with van der Waals surface area (Å²) in [6.45, 7) is 3.03. The number of amides is 2. The number of hydrogen-bond acceptors (Lipinski definition) is 5. The van der Waals surface area contributed by atoms with Crippen LogP contribution in [0.2, 0.25) is 0 Å². The summed E-state index contributed by atoms with van der Waals surface area (Å²) in [5.41, 5.74) is -0.287. The number of carbonyl (C=O) groups excluding carboxylic acids is 2. The third-order valence-corrected chi connectivity index (χ3v) is 5.97. The van der Waals surface area contributed by atoms with Crippen LogP contribution in [0.3, 0.4) is 0 Å². The summed E-state index contributed by atoms with van der Waals surface area (Å²) in [6, 6.07) is 7.08. The number of nitrogens with one attached hydrogen (secondary N) is 2. The Morgan fingerprint density at radius 2 is 2.14 bits per heavy atom. The van der Waals surface area contributed by atoms with Crippen LogP contribution in [0.1, 0.15) is 50.6 Å². The molecule has 1 aromatic rings. The third-order valence-electron chi connectivity index (χ3n) is 5.97. The van der Waals surface area contributed by atoms with Crippen LogP contribution in [0.25, 0.3) is 0 Å². The van der Waals surface area contributed by atoms with Crippen molar-refractivity contribution in [3.63, 3.8) is 0 Å². The highest BCUT2D eigenvalue weighted by Gasteiger charge is 2.35. The van der Waals surface area contributed by atoms with Gasteiger partial charge in [0, 0.05) is 31.1 Å². The standard InChI is InChI=1S/C22H32N2O5/c1-15-7-8-16(11-15)21(26)24-18(17-5-3-4-6-19(17)28-2)13-23-20(25)12-22(27)9-10-29-14-22/h3-6,15-16,18,27H,7-14H2,1-2H3,(H,23,25)(H,24,26). The first-order valence-corrected chi connectivity index (χ1v) is 10.4. The molecular formula is C22H32N2O5. The maximum absolute atomic E-state index is 12.8. The second-order valence-corrected chi connectivity index (χ2v) is 8.43.